The van der Waals surface area contributed by atoms with Gasteiger partial charge in [-0.2, -0.15) is 19.7 Å². The smallest absolute Gasteiger partial charge is 0.404 e. The van der Waals surface area contributed by atoms with Gasteiger partial charge in [-0.25, -0.2) is 13.6 Å². The van der Waals surface area contributed by atoms with Crippen molar-refractivity contribution in [2.24, 2.45) is 0 Å². The fourth-order valence-corrected chi connectivity index (χ4v) is 11.8. The van der Waals surface area contributed by atoms with Crippen molar-refractivity contribution in [1.82, 2.24) is 0 Å². The van der Waals surface area contributed by atoms with Gasteiger partial charge in [-0.05, 0) is 140 Å². The zero-order valence-corrected chi connectivity index (χ0v) is 38.2. The summed E-state index contributed by atoms with van der Waals surface area (Å²) in [5.41, 5.74) is 11.8. The summed E-state index contributed by atoms with van der Waals surface area (Å²) < 4.78 is 47.5. The molecule has 5 aliphatic heterocycles. The lowest BCUT2D eigenvalue weighted by molar-refractivity contribution is -0.738. The van der Waals surface area contributed by atoms with E-state index >= 15 is 8.78 Å². The van der Waals surface area contributed by atoms with Crippen LogP contribution in [-0.2, 0) is 47.1 Å². The highest BCUT2D eigenvalue weighted by atomic mass is 19.1. The van der Waals surface area contributed by atoms with Crippen molar-refractivity contribution in [3.8, 4) is 34.5 Å². The van der Waals surface area contributed by atoms with Crippen LogP contribution < -0.4 is 14.0 Å². The number of nitrogens with zero attached hydrogens (tertiary/aromatic N) is 5. The van der Waals surface area contributed by atoms with E-state index in [1.807, 2.05) is 73.2 Å². The highest BCUT2D eigenvalue weighted by Gasteiger charge is 2.60. The number of fused-ring (bicyclic) bond motifs is 4. The Labute approximate surface area is 391 Å². The summed E-state index contributed by atoms with van der Waals surface area (Å²) in [4.78, 5) is 16.4. The molecule has 0 radical (unpaired) electrons. The maximum Gasteiger partial charge on any atom is 0.404 e. The molecule has 0 aliphatic carbocycles. The van der Waals surface area contributed by atoms with Crippen molar-refractivity contribution in [3.05, 3.63) is 177 Å². The third kappa shape index (κ3) is 7.72. The highest BCUT2D eigenvalue weighted by Crippen LogP contribution is 2.51. The number of carbonyl (C=O) groups excluding carboxylic acids is 1. The molecular formula is C57H53F2N5O3+2. The monoisotopic (exact) mass is 893 g/mol. The Morgan fingerprint density at radius 3 is 2.46 bits per heavy atom. The number of aromatic nitrogens is 2. The minimum atomic E-state index is -0.886. The number of hydrogen-bond donors (Lipinski definition) is 0. The maximum absolute atomic E-state index is 15.9. The second-order valence-electron chi connectivity index (χ2n) is 18.5. The van der Waals surface area contributed by atoms with Crippen LogP contribution in [0.25, 0.3) is 28.5 Å². The average molecular weight is 894 g/mol. The first-order chi connectivity index (χ1) is 32.6. The minimum Gasteiger partial charge on any atom is -0.462 e. The van der Waals surface area contributed by atoms with Crippen LogP contribution >= 0.6 is 0 Å². The molecule has 67 heavy (non-hydrogen) atoms. The van der Waals surface area contributed by atoms with Gasteiger partial charge in [0.2, 0.25) is 5.69 Å². The molecule has 2 aromatic heterocycles. The van der Waals surface area contributed by atoms with Gasteiger partial charge in [-0.1, -0.05) is 44.2 Å². The fraction of sp³-hybridized carbons (Fsp3) is 0.316. The number of rotatable bonds is 10. The first-order valence-electron chi connectivity index (χ1n) is 23.7. The van der Waals surface area contributed by atoms with E-state index in [0.29, 0.717) is 59.0 Å². The van der Waals surface area contributed by atoms with E-state index in [-0.39, 0.29) is 11.6 Å². The van der Waals surface area contributed by atoms with E-state index in [2.05, 4.69) is 59.0 Å². The molecule has 0 amide bonds. The predicted molar refractivity (Wildman–Crippen MR) is 252 cm³/mol. The molecule has 5 aliphatic rings. The fourth-order valence-electron chi connectivity index (χ4n) is 11.8. The molecular weight excluding hydrogens is 841 g/mol. The molecule has 0 fully saturated rings. The van der Waals surface area contributed by atoms with E-state index < -0.39 is 29.1 Å². The third-order valence-electron chi connectivity index (χ3n) is 14.7. The number of anilines is 1. The van der Waals surface area contributed by atoms with Gasteiger partial charge in [0.1, 0.15) is 46.3 Å². The Balaban J connectivity index is 0.896. The second kappa shape index (κ2) is 17.9. The zero-order valence-electron chi connectivity index (χ0n) is 38.2. The number of nitriles is 2. The van der Waals surface area contributed by atoms with Gasteiger partial charge in [-0.15, -0.1) is 0 Å². The van der Waals surface area contributed by atoms with Crippen LogP contribution in [0.4, 0.5) is 14.5 Å². The number of carbonyl (C=O) groups is 1. The van der Waals surface area contributed by atoms with E-state index in [9.17, 15) is 15.3 Å². The largest absolute Gasteiger partial charge is 0.462 e. The van der Waals surface area contributed by atoms with Crippen molar-refractivity contribution < 1.29 is 32.2 Å². The SMILES string of the molecule is CCC1[n+]2ccccc2-c2c(F)cc(F)cc2C1(CC)C1C[n+]2cc(CCCc3ccc(-c4c(C=CC5=CC(=C(C#N)C#N)C=C(C)O5)cc5c6c4CCCN6CCC5)cc3)ccc2C(=O)O1. The van der Waals surface area contributed by atoms with Crippen LogP contribution in [0.3, 0.4) is 0 Å². The zero-order chi connectivity index (χ0) is 46.4. The van der Waals surface area contributed by atoms with Crippen molar-refractivity contribution >= 4 is 17.7 Å². The van der Waals surface area contributed by atoms with Crippen LogP contribution in [-0.4, -0.2) is 25.2 Å². The molecule has 10 heteroatoms. The van der Waals surface area contributed by atoms with Crippen molar-refractivity contribution in [3.63, 3.8) is 0 Å². The number of halogens is 2. The summed E-state index contributed by atoms with van der Waals surface area (Å²) >= 11 is 0. The van der Waals surface area contributed by atoms with Crippen LogP contribution in [0.15, 0.2) is 126 Å². The number of allylic oxidation sites excluding steroid dienone is 6. The summed E-state index contributed by atoms with van der Waals surface area (Å²) in [6, 6.07) is 27.0. The van der Waals surface area contributed by atoms with Gasteiger partial charge in [0, 0.05) is 60.6 Å². The van der Waals surface area contributed by atoms with Gasteiger partial charge >= 0.3 is 5.97 Å². The molecule has 0 N–H and O–H groups in total. The molecule has 0 saturated heterocycles. The number of cyclic esters (lactones) is 1. The molecule has 336 valence electrons. The third-order valence-corrected chi connectivity index (χ3v) is 14.7. The standard InChI is InChI=1S/C57H53F2N5O3/c1-4-51-57(5-2,47-30-44(58)31-48(59)54(47)49-15-6-7-26-64(49)51)52-35-63-34-38(18-23-50(63)56(65)67-52)12-8-11-37-16-19-39(20-17-37)53-40(28-41-13-9-24-62-25-10-14-46(53)55(41)62)21-22-45-29-42(27-36(3)66-45)43(32-60)33-61/h6-7,15-23,26-31,34,51-52H,4-5,8-14,24-25,35H2,1-3H3/q+2. The molecule has 5 aromatic rings. The lowest BCUT2D eigenvalue weighted by Crippen LogP contribution is -2.65. The molecule has 7 heterocycles. The summed E-state index contributed by atoms with van der Waals surface area (Å²) in [6.45, 7) is 8.44. The van der Waals surface area contributed by atoms with Crippen LogP contribution in [0.2, 0.25) is 0 Å². The van der Waals surface area contributed by atoms with Gasteiger partial charge in [0.05, 0.1) is 5.56 Å². The Bertz CT molecular complexity index is 3040. The Kier molecular flexibility index (Phi) is 11.7. The van der Waals surface area contributed by atoms with Gasteiger partial charge in [0.15, 0.2) is 31.1 Å². The van der Waals surface area contributed by atoms with Crippen molar-refractivity contribution in [2.45, 2.75) is 103 Å². The average Bonchev–Trinajstić information content (AvgIpc) is 3.33. The molecule has 3 aromatic carbocycles. The number of pyridine rings is 2. The first kappa shape index (κ1) is 43.7. The molecule has 3 unspecified atom stereocenters. The Morgan fingerprint density at radius 1 is 0.910 bits per heavy atom. The van der Waals surface area contributed by atoms with Gasteiger partial charge in [-0.3, -0.25) is 0 Å². The molecule has 0 saturated carbocycles. The number of esters is 1. The molecule has 8 nitrogen and oxygen atoms in total. The molecule has 3 atom stereocenters. The minimum absolute atomic E-state index is 0.0521. The Morgan fingerprint density at radius 2 is 1.69 bits per heavy atom. The summed E-state index contributed by atoms with van der Waals surface area (Å²) in [6.07, 6.45) is 18.9. The summed E-state index contributed by atoms with van der Waals surface area (Å²) in [5, 5.41) is 19.1. The maximum atomic E-state index is 15.9. The van der Waals surface area contributed by atoms with E-state index in [1.54, 1.807) is 12.2 Å². The van der Waals surface area contributed by atoms with Crippen LogP contribution in [0.1, 0.15) is 103 Å². The number of benzene rings is 3. The number of ether oxygens (including phenoxy) is 2. The van der Waals surface area contributed by atoms with E-state index in [0.717, 1.165) is 80.8 Å². The normalized spacial score (nSPS) is 20.3. The summed E-state index contributed by atoms with van der Waals surface area (Å²) in [5.74, 6) is -0.499. The lowest BCUT2D eigenvalue weighted by atomic mass is 9.63. The molecule has 0 bridgehead atoms. The predicted octanol–water partition coefficient (Wildman–Crippen LogP) is 10.8. The van der Waals surface area contributed by atoms with E-state index in [1.165, 1.54) is 34.0 Å². The van der Waals surface area contributed by atoms with E-state index in [4.69, 9.17) is 9.47 Å². The lowest BCUT2D eigenvalue weighted by Gasteiger charge is -2.45. The van der Waals surface area contributed by atoms with Gasteiger partial charge < -0.3 is 14.4 Å². The molecule has 0 spiro atoms. The molecule has 10 rings (SSSR count). The second-order valence-corrected chi connectivity index (χ2v) is 18.5. The van der Waals surface area contributed by atoms with Crippen molar-refractivity contribution in [2.75, 3.05) is 18.0 Å². The van der Waals surface area contributed by atoms with Crippen molar-refractivity contribution in [1.29, 1.82) is 10.5 Å². The quantitative estimate of drug-likeness (QED) is 0.0787. The van der Waals surface area contributed by atoms with Crippen LogP contribution in [0, 0.1) is 34.3 Å². The topological polar surface area (TPSA) is 94.1 Å². The highest BCUT2D eigenvalue weighted by molar-refractivity contribution is 5.87. The first-order valence-corrected chi connectivity index (χ1v) is 23.7. The number of aryl methyl sites for hydroxylation is 3. The van der Waals surface area contributed by atoms with Gasteiger partial charge in [0.25, 0.3) is 5.69 Å². The number of hydrogen-bond acceptors (Lipinski definition) is 6. The Hall–Kier alpha value is -7.17. The van der Waals surface area contributed by atoms with Crippen LogP contribution in [0.5, 0.6) is 0 Å². The summed E-state index contributed by atoms with van der Waals surface area (Å²) in [7, 11) is 0.